The molecule has 0 atom stereocenters. The van der Waals surface area contributed by atoms with Crippen molar-refractivity contribution in [1.29, 1.82) is 0 Å². The van der Waals surface area contributed by atoms with Gasteiger partial charge < -0.3 is 10.4 Å². The van der Waals surface area contributed by atoms with Crippen molar-refractivity contribution in [3.8, 4) is 17.1 Å². The molecule has 0 unspecified atom stereocenters. The van der Waals surface area contributed by atoms with Gasteiger partial charge in [-0.25, -0.2) is 0 Å². The van der Waals surface area contributed by atoms with E-state index in [1.807, 2.05) is 0 Å². The van der Waals surface area contributed by atoms with Crippen LogP contribution < -0.4 is 5.32 Å². The first-order valence-corrected chi connectivity index (χ1v) is 14.7. The van der Waals surface area contributed by atoms with Crippen LogP contribution in [0.25, 0.3) is 22.2 Å². The number of hydrogen-bond donors (Lipinski definition) is 4. The first-order chi connectivity index (χ1) is 19.4. The molecule has 0 aliphatic heterocycles. The number of nitrogens with one attached hydrogen (secondary N) is 1. The van der Waals surface area contributed by atoms with Gasteiger partial charge in [0, 0.05) is 70.1 Å². The molecule has 4 N–H and O–H groups in total. The zero-order valence-electron chi connectivity index (χ0n) is 22.4. The minimum absolute atomic E-state index is 0. The SMILES string of the molecule is O=S(=O)(O)c1cc(Nc2nc(Cl)nc(-c3ccccc3)n2)c2c(O)c(N=Nc3ccccc3)c(S(=O)(=O)O)cc2c1.[Na].[Na]. The molecular weight excluding hydrogens is 642 g/mol. The number of benzene rings is 4. The maximum Gasteiger partial charge on any atom is 0.296 e. The van der Waals surface area contributed by atoms with Gasteiger partial charge in [0.25, 0.3) is 20.2 Å². The average Bonchev–Trinajstić information content (AvgIpc) is 2.92. The summed E-state index contributed by atoms with van der Waals surface area (Å²) in [5.74, 6) is -0.801. The normalized spacial score (nSPS) is 11.6. The number of phenolic OH excluding ortho intramolecular Hbond substituents is 1. The van der Waals surface area contributed by atoms with Crippen LogP contribution >= 0.6 is 11.6 Å². The van der Waals surface area contributed by atoms with E-state index in [1.165, 1.54) is 0 Å². The molecule has 0 aliphatic carbocycles. The Balaban J connectivity index is 0.00000253. The van der Waals surface area contributed by atoms with E-state index in [4.69, 9.17) is 11.6 Å². The fourth-order valence-electron chi connectivity index (χ4n) is 3.85. The molecule has 0 aliphatic rings. The molecule has 0 fully saturated rings. The quantitative estimate of drug-likeness (QED) is 0.105. The van der Waals surface area contributed by atoms with Crippen molar-refractivity contribution >= 4 is 125 Å². The molecule has 2 radical (unpaired) electrons. The molecule has 0 bridgehead atoms. The molecule has 0 amide bonds. The predicted molar refractivity (Wildman–Crippen MR) is 161 cm³/mol. The zero-order chi connectivity index (χ0) is 29.4. The van der Waals surface area contributed by atoms with E-state index in [2.05, 4.69) is 30.5 Å². The molecule has 210 valence electrons. The molecule has 43 heavy (non-hydrogen) atoms. The van der Waals surface area contributed by atoms with Gasteiger partial charge in [0.1, 0.15) is 10.6 Å². The van der Waals surface area contributed by atoms with Crippen molar-refractivity contribution in [2.75, 3.05) is 5.32 Å². The number of nitrogens with zero attached hydrogens (tertiary/aromatic N) is 5. The number of aromatic nitrogens is 3. The molecule has 5 rings (SSSR count). The Bertz CT molecular complexity index is 2060. The van der Waals surface area contributed by atoms with Crippen molar-refractivity contribution in [3.05, 3.63) is 84.1 Å². The largest absolute Gasteiger partial charge is 0.505 e. The van der Waals surface area contributed by atoms with Gasteiger partial charge in [-0.05, 0) is 47.3 Å². The van der Waals surface area contributed by atoms with Gasteiger partial charge in [0.2, 0.25) is 11.2 Å². The van der Waals surface area contributed by atoms with Gasteiger partial charge in [-0.1, -0.05) is 48.5 Å². The predicted octanol–water partition coefficient (Wildman–Crippen LogP) is 4.94. The monoisotopic (exact) mass is 658 g/mol. The molecule has 0 saturated carbocycles. The van der Waals surface area contributed by atoms with Crippen LogP contribution in [0.5, 0.6) is 5.75 Å². The summed E-state index contributed by atoms with van der Waals surface area (Å²) in [7, 11) is -9.85. The van der Waals surface area contributed by atoms with Crippen LogP contribution in [0, 0.1) is 0 Å². The first kappa shape index (κ1) is 34.9. The summed E-state index contributed by atoms with van der Waals surface area (Å²) >= 11 is 6.11. The number of rotatable bonds is 7. The third kappa shape index (κ3) is 8.14. The maximum absolute atomic E-state index is 12.2. The molecule has 1 heterocycles. The Morgan fingerprint density at radius 3 is 2.00 bits per heavy atom. The van der Waals surface area contributed by atoms with Crippen LogP contribution in [-0.2, 0) is 20.2 Å². The number of anilines is 2. The average molecular weight is 659 g/mol. The molecule has 13 nitrogen and oxygen atoms in total. The molecule has 0 saturated heterocycles. The van der Waals surface area contributed by atoms with Crippen LogP contribution in [0.4, 0.5) is 23.0 Å². The summed E-state index contributed by atoms with van der Waals surface area (Å²) < 4.78 is 68.3. The Kier molecular flexibility index (Phi) is 11.4. The van der Waals surface area contributed by atoms with E-state index in [-0.39, 0.29) is 92.6 Å². The van der Waals surface area contributed by atoms with E-state index in [1.54, 1.807) is 60.7 Å². The standard InChI is InChI=1S/C25H17ClN6O7S2.2Na/c26-24-28-23(14-7-3-1-4-8-14)29-25(30-24)27-18-13-17(40(34,35)36)11-15-12-19(41(37,38)39)21(22(33)20(15)18)32-31-16-9-5-2-6-10-16;;/h1-13,33H,(H,34,35,36)(H,37,38,39)(H,27,28,29,30);;. The van der Waals surface area contributed by atoms with Gasteiger partial charge in [-0.15, -0.1) is 5.11 Å². The molecule has 4 aromatic carbocycles. The molecular formula is C25H17ClN6Na2O7S2. The van der Waals surface area contributed by atoms with E-state index in [0.717, 1.165) is 18.2 Å². The number of fused-ring (bicyclic) bond motifs is 1. The second kappa shape index (κ2) is 14.0. The summed E-state index contributed by atoms with van der Waals surface area (Å²) in [6.45, 7) is 0. The first-order valence-electron chi connectivity index (χ1n) is 11.4. The Hall–Kier alpha value is -2.54. The number of hydrogen-bond acceptors (Lipinski definition) is 11. The summed E-state index contributed by atoms with van der Waals surface area (Å²) in [5, 5.41) is 21.2. The van der Waals surface area contributed by atoms with Crippen LogP contribution in [0.15, 0.2) is 98.9 Å². The van der Waals surface area contributed by atoms with Gasteiger partial charge in [0.15, 0.2) is 11.6 Å². The minimum Gasteiger partial charge on any atom is -0.505 e. The molecule has 0 spiro atoms. The van der Waals surface area contributed by atoms with E-state index in [0.29, 0.717) is 11.3 Å². The zero-order valence-corrected chi connectivity index (χ0v) is 28.8. The van der Waals surface area contributed by atoms with E-state index < -0.39 is 41.5 Å². The summed E-state index contributed by atoms with van der Waals surface area (Å²) in [6, 6.07) is 19.6. The van der Waals surface area contributed by atoms with Crippen LogP contribution in [0.3, 0.4) is 0 Å². The van der Waals surface area contributed by atoms with Crippen molar-refractivity contribution < 1.29 is 31.0 Å². The summed E-state index contributed by atoms with van der Waals surface area (Å²) in [6.07, 6.45) is 0. The van der Waals surface area contributed by atoms with Crippen LogP contribution in [0.1, 0.15) is 0 Å². The van der Waals surface area contributed by atoms with E-state index >= 15 is 0 Å². The molecule has 1 aromatic heterocycles. The van der Waals surface area contributed by atoms with Crippen molar-refractivity contribution in [3.63, 3.8) is 0 Å². The minimum atomic E-state index is -5.01. The Morgan fingerprint density at radius 2 is 1.40 bits per heavy atom. The molecule has 5 aromatic rings. The van der Waals surface area contributed by atoms with Crippen molar-refractivity contribution in [2.45, 2.75) is 9.79 Å². The number of aromatic hydroxyl groups is 1. The van der Waals surface area contributed by atoms with Crippen molar-refractivity contribution in [1.82, 2.24) is 15.0 Å². The topological polar surface area (TPSA) is 204 Å². The van der Waals surface area contributed by atoms with Gasteiger partial charge in [-0.2, -0.15) is 36.9 Å². The smallest absolute Gasteiger partial charge is 0.296 e. The summed E-state index contributed by atoms with van der Waals surface area (Å²) in [5.41, 5.74) is 0.0689. The third-order valence-electron chi connectivity index (χ3n) is 5.61. The number of phenols is 1. The third-order valence-corrected chi connectivity index (χ3v) is 7.47. The second-order valence-electron chi connectivity index (χ2n) is 8.37. The van der Waals surface area contributed by atoms with Crippen molar-refractivity contribution in [2.24, 2.45) is 10.2 Å². The fourth-order valence-corrected chi connectivity index (χ4v) is 5.21. The Morgan fingerprint density at radius 1 is 0.767 bits per heavy atom. The number of halogens is 1. The van der Waals surface area contributed by atoms with Crippen LogP contribution in [-0.4, -0.2) is 105 Å². The second-order valence-corrected chi connectivity index (χ2v) is 11.5. The van der Waals surface area contributed by atoms with Gasteiger partial charge in [0.05, 0.1) is 16.3 Å². The van der Waals surface area contributed by atoms with Gasteiger partial charge in [-0.3, -0.25) is 9.11 Å². The van der Waals surface area contributed by atoms with Crippen LogP contribution in [0.2, 0.25) is 5.28 Å². The fraction of sp³-hybridized carbons (Fsp3) is 0. The van der Waals surface area contributed by atoms with Gasteiger partial charge >= 0.3 is 0 Å². The Labute approximate surface area is 294 Å². The number of azo groups is 1. The summed E-state index contributed by atoms with van der Waals surface area (Å²) in [4.78, 5) is 10.8. The molecule has 18 heteroatoms. The van der Waals surface area contributed by atoms with E-state index in [9.17, 15) is 31.0 Å². The maximum atomic E-state index is 12.2.